The summed E-state index contributed by atoms with van der Waals surface area (Å²) in [5.41, 5.74) is 7.68. The number of nitrogens with two attached hydrogens (primary N) is 1. The Balaban J connectivity index is 2.02. The Morgan fingerprint density at radius 2 is 2.22 bits per heavy atom. The van der Waals surface area contributed by atoms with Crippen LogP contribution in [-0.4, -0.2) is 21.5 Å². The van der Waals surface area contributed by atoms with Gasteiger partial charge in [0.2, 0.25) is 0 Å². The molecule has 0 atom stereocenters. The van der Waals surface area contributed by atoms with Gasteiger partial charge in [-0.3, -0.25) is 0 Å². The molecule has 3 aromatic rings. The summed E-state index contributed by atoms with van der Waals surface area (Å²) in [6.07, 6.45) is 0.763. The first-order chi connectivity index (χ1) is 8.76. The molecule has 0 saturated heterocycles. The lowest BCUT2D eigenvalue weighted by molar-refractivity contribution is 0.629. The fourth-order valence-electron chi connectivity index (χ4n) is 1.76. The van der Waals surface area contributed by atoms with Gasteiger partial charge < -0.3 is 10.7 Å². The van der Waals surface area contributed by atoms with Crippen molar-refractivity contribution in [2.45, 2.75) is 6.42 Å². The Morgan fingerprint density at radius 3 is 3.06 bits per heavy atom. The number of hydrogen-bond donors (Lipinski definition) is 2. The maximum atomic E-state index is 13.1. The van der Waals surface area contributed by atoms with Gasteiger partial charge in [-0.1, -0.05) is 0 Å². The second-order valence-electron chi connectivity index (χ2n) is 3.91. The molecule has 2 heterocycles. The molecule has 0 saturated carbocycles. The van der Waals surface area contributed by atoms with Crippen LogP contribution in [0.15, 0.2) is 23.6 Å². The SMILES string of the molecule is NCCc1nc(-c2nc3ccc(F)cc3[nH]2)cs1. The monoisotopic (exact) mass is 262 g/mol. The van der Waals surface area contributed by atoms with Crippen LogP contribution in [0.2, 0.25) is 0 Å². The van der Waals surface area contributed by atoms with Crippen LogP contribution in [0.4, 0.5) is 4.39 Å². The van der Waals surface area contributed by atoms with Crippen LogP contribution in [0.1, 0.15) is 5.01 Å². The molecular formula is C12H11FN4S. The van der Waals surface area contributed by atoms with Gasteiger partial charge in [0.1, 0.15) is 11.5 Å². The van der Waals surface area contributed by atoms with Gasteiger partial charge in [0, 0.05) is 11.8 Å². The van der Waals surface area contributed by atoms with E-state index in [1.807, 2.05) is 5.38 Å². The molecule has 0 amide bonds. The first-order valence-electron chi connectivity index (χ1n) is 5.56. The van der Waals surface area contributed by atoms with E-state index < -0.39 is 0 Å². The second-order valence-corrected chi connectivity index (χ2v) is 4.85. The van der Waals surface area contributed by atoms with E-state index in [4.69, 9.17) is 5.73 Å². The molecule has 3 N–H and O–H groups in total. The lowest BCUT2D eigenvalue weighted by Gasteiger charge is -1.89. The molecule has 1 aromatic carbocycles. The Labute approximate surface area is 107 Å². The molecule has 2 aromatic heterocycles. The third-order valence-electron chi connectivity index (χ3n) is 2.60. The van der Waals surface area contributed by atoms with Crippen molar-refractivity contribution in [1.29, 1.82) is 0 Å². The number of benzene rings is 1. The van der Waals surface area contributed by atoms with Gasteiger partial charge in [-0.25, -0.2) is 14.4 Å². The molecule has 4 nitrogen and oxygen atoms in total. The fraction of sp³-hybridized carbons (Fsp3) is 0.167. The zero-order valence-electron chi connectivity index (χ0n) is 9.48. The van der Waals surface area contributed by atoms with Gasteiger partial charge in [-0.05, 0) is 24.7 Å². The van der Waals surface area contributed by atoms with Crippen LogP contribution in [0.5, 0.6) is 0 Å². The average Bonchev–Trinajstić information content (AvgIpc) is 2.94. The van der Waals surface area contributed by atoms with Crippen LogP contribution in [0.25, 0.3) is 22.6 Å². The summed E-state index contributed by atoms with van der Waals surface area (Å²) in [6.45, 7) is 0.582. The number of halogens is 1. The largest absolute Gasteiger partial charge is 0.337 e. The van der Waals surface area contributed by atoms with E-state index in [0.29, 0.717) is 17.9 Å². The van der Waals surface area contributed by atoms with E-state index in [2.05, 4.69) is 15.0 Å². The number of H-pyrrole nitrogens is 1. The zero-order valence-corrected chi connectivity index (χ0v) is 10.3. The van der Waals surface area contributed by atoms with E-state index in [1.165, 1.54) is 12.1 Å². The molecule has 92 valence electrons. The van der Waals surface area contributed by atoms with Gasteiger partial charge in [-0.2, -0.15) is 0 Å². The fourth-order valence-corrected chi connectivity index (χ4v) is 2.56. The summed E-state index contributed by atoms with van der Waals surface area (Å²) in [6, 6.07) is 4.48. The summed E-state index contributed by atoms with van der Waals surface area (Å²) in [7, 11) is 0. The van der Waals surface area contributed by atoms with Crippen LogP contribution < -0.4 is 5.73 Å². The van der Waals surface area contributed by atoms with E-state index in [1.54, 1.807) is 17.4 Å². The minimum Gasteiger partial charge on any atom is -0.337 e. The maximum Gasteiger partial charge on any atom is 0.158 e. The van der Waals surface area contributed by atoms with Gasteiger partial charge in [0.25, 0.3) is 0 Å². The molecule has 0 aliphatic carbocycles. The maximum absolute atomic E-state index is 13.1. The molecule has 0 fully saturated rings. The van der Waals surface area contributed by atoms with Crippen LogP contribution in [-0.2, 0) is 6.42 Å². The van der Waals surface area contributed by atoms with E-state index in [0.717, 1.165) is 22.6 Å². The highest BCUT2D eigenvalue weighted by molar-refractivity contribution is 7.09. The summed E-state index contributed by atoms with van der Waals surface area (Å²) in [4.78, 5) is 11.9. The summed E-state index contributed by atoms with van der Waals surface area (Å²) >= 11 is 1.56. The Morgan fingerprint density at radius 1 is 1.33 bits per heavy atom. The van der Waals surface area contributed by atoms with Crippen molar-refractivity contribution in [3.63, 3.8) is 0 Å². The molecule has 0 bridgehead atoms. The second kappa shape index (κ2) is 4.47. The number of aromatic amines is 1. The van der Waals surface area contributed by atoms with Gasteiger partial charge in [0.05, 0.1) is 16.0 Å². The number of fused-ring (bicyclic) bond motifs is 1. The van der Waals surface area contributed by atoms with Gasteiger partial charge >= 0.3 is 0 Å². The molecule has 0 aliphatic rings. The highest BCUT2D eigenvalue weighted by atomic mass is 32.1. The number of nitrogens with one attached hydrogen (secondary N) is 1. The third-order valence-corrected chi connectivity index (χ3v) is 3.51. The molecule has 18 heavy (non-hydrogen) atoms. The summed E-state index contributed by atoms with van der Waals surface area (Å²) in [5, 5.41) is 2.91. The average molecular weight is 262 g/mol. The smallest absolute Gasteiger partial charge is 0.158 e. The lowest BCUT2D eigenvalue weighted by atomic mass is 10.3. The van der Waals surface area contributed by atoms with Gasteiger partial charge in [-0.15, -0.1) is 11.3 Å². The van der Waals surface area contributed by atoms with E-state index in [9.17, 15) is 4.39 Å². The predicted molar refractivity (Wildman–Crippen MR) is 69.9 cm³/mol. The van der Waals surface area contributed by atoms with Crippen LogP contribution >= 0.6 is 11.3 Å². The third kappa shape index (κ3) is 2.00. The number of nitrogens with zero attached hydrogens (tertiary/aromatic N) is 2. The first-order valence-corrected chi connectivity index (χ1v) is 6.44. The Bertz CT molecular complexity index is 688. The van der Waals surface area contributed by atoms with Gasteiger partial charge in [0.15, 0.2) is 5.82 Å². The molecule has 0 unspecified atom stereocenters. The summed E-state index contributed by atoms with van der Waals surface area (Å²) < 4.78 is 13.1. The Hall–Kier alpha value is -1.79. The van der Waals surface area contributed by atoms with E-state index in [-0.39, 0.29) is 5.82 Å². The standard InChI is InChI=1S/C12H11FN4S/c13-7-1-2-8-9(5-7)17-12(16-8)10-6-18-11(15-10)3-4-14/h1-2,5-6H,3-4,14H2,(H,16,17). The predicted octanol–water partition coefficient (Wildman–Crippen LogP) is 2.33. The van der Waals surface area contributed by atoms with Crippen molar-refractivity contribution in [3.8, 4) is 11.5 Å². The highest BCUT2D eigenvalue weighted by Gasteiger charge is 2.09. The van der Waals surface area contributed by atoms with Crippen molar-refractivity contribution in [1.82, 2.24) is 15.0 Å². The topological polar surface area (TPSA) is 67.6 Å². The molecular weight excluding hydrogens is 251 g/mol. The van der Waals surface area contributed by atoms with Crippen molar-refractivity contribution in [3.05, 3.63) is 34.4 Å². The number of hydrogen-bond acceptors (Lipinski definition) is 4. The lowest BCUT2D eigenvalue weighted by Crippen LogP contribution is -2.02. The first kappa shape index (κ1) is 11.3. The van der Waals surface area contributed by atoms with Crippen molar-refractivity contribution < 1.29 is 4.39 Å². The number of imidazole rings is 1. The molecule has 6 heteroatoms. The van der Waals surface area contributed by atoms with Crippen molar-refractivity contribution >= 4 is 22.4 Å². The molecule has 3 rings (SSSR count). The van der Waals surface area contributed by atoms with E-state index >= 15 is 0 Å². The van der Waals surface area contributed by atoms with Crippen molar-refractivity contribution in [2.24, 2.45) is 5.73 Å². The minimum absolute atomic E-state index is 0.278. The van der Waals surface area contributed by atoms with Crippen molar-refractivity contribution in [2.75, 3.05) is 6.54 Å². The normalized spacial score (nSPS) is 11.2. The van der Waals surface area contributed by atoms with Crippen LogP contribution in [0, 0.1) is 5.82 Å². The minimum atomic E-state index is -0.278. The number of thiazole rings is 1. The highest BCUT2D eigenvalue weighted by Crippen LogP contribution is 2.22. The molecule has 0 aliphatic heterocycles. The number of aromatic nitrogens is 3. The zero-order chi connectivity index (χ0) is 12.5. The van der Waals surface area contributed by atoms with Crippen LogP contribution in [0.3, 0.4) is 0 Å². The Kier molecular flexibility index (Phi) is 2.81. The summed E-state index contributed by atoms with van der Waals surface area (Å²) in [5.74, 6) is 0.384. The molecule has 0 spiro atoms. The number of rotatable bonds is 3. The quantitative estimate of drug-likeness (QED) is 0.761. The molecule has 0 radical (unpaired) electrons.